The topological polar surface area (TPSA) is 119 Å². The molecule has 0 heterocycles. The van der Waals surface area contributed by atoms with Gasteiger partial charge in [0.1, 0.15) is 13.2 Å². The van der Waals surface area contributed by atoms with E-state index in [-0.39, 0.29) is 6.61 Å². The van der Waals surface area contributed by atoms with Gasteiger partial charge in [0.15, 0.2) is 0 Å². The molecule has 5 N–H and O–H groups in total. The molecule has 1 aromatic rings. The third-order valence-electron chi connectivity index (χ3n) is 2.38. The zero-order valence-electron chi connectivity index (χ0n) is 10.4. The fourth-order valence-electron chi connectivity index (χ4n) is 1.43. The largest absolute Gasteiger partial charge is 0.392 e. The van der Waals surface area contributed by atoms with Crippen LogP contribution in [0.15, 0.2) is 0 Å². The molecule has 2 amide bonds. The molecule has 0 saturated heterocycles. The first-order valence-corrected chi connectivity index (χ1v) is 8.72. The van der Waals surface area contributed by atoms with E-state index in [2.05, 4.69) is 10.6 Å². The zero-order chi connectivity index (χ0) is 16.2. The van der Waals surface area contributed by atoms with E-state index in [9.17, 15) is 14.7 Å². The second-order valence-corrected chi connectivity index (χ2v) is 6.98. The third-order valence-corrected chi connectivity index (χ3v) is 5.84. The van der Waals surface area contributed by atoms with Crippen LogP contribution in [0.5, 0.6) is 0 Å². The molecule has 1 rings (SSSR count). The molecule has 0 bridgehead atoms. The van der Waals surface area contributed by atoms with Gasteiger partial charge in [-0.05, 0) is 67.8 Å². The minimum Gasteiger partial charge on any atom is -0.392 e. The lowest BCUT2D eigenvalue weighted by atomic mass is 10.1. The molecule has 21 heavy (non-hydrogen) atoms. The molecule has 0 unspecified atom stereocenters. The Balaban J connectivity index is 3.46. The highest BCUT2D eigenvalue weighted by Gasteiger charge is 2.22. The van der Waals surface area contributed by atoms with Crippen LogP contribution in [0.4, 0.5) is 11.4 Å². The molecule has 0 spiro atoms. The van der Waals surface area contributed by atoms with Gasteiger partial charge < -0.3 is 26.0 Å². The summed E-state index contributed by atoms with van der Waals surface area (Å²) in [5.74, 6) is -1.20. The predicted molar refractivity (Wildman–Crippen MR) is 102 cm³/mol. The molecule has 0 saturated carbocycles. The van der Waals surface area contributed by atoms with Gasteiger partial charge in [-0.15, -0.1) is 0 Å². The van der Waals surface area contributed by atoms with Crippen LogP contribution >= 0.6 is 67.8 Å². The Kier molecular flexibility index (Phi) is 8.04. The van der Waals surface area contributed by atoms with Crippen molar-refractivity contribution in [2.24, 2.45) is 0 Å². The van der Waals surface area contributed by atoms with Gasteiger partial charge in [-0.2, -0.15) is 0 Å². The molecule has 1 aromatic carbocycles. The van der Waals surface area contributed by atoms with Crippen molar-refractivity contribution in [2.75, 3.05) is 23.8 Å². The van der Waals surface area contributed by atoms with Crippen molar-refractivity contribution in [3.63, 3.8) is 0 Å². The molecule has 10 heteroatoms. The Morgan fingerprint density at radius 2 is 1.19 bits per heavy atom. The van der Waals surface area contributed by atoms with E-state index in [1.165, 1.54) is 0 Å². The minimum absolute atomic E-state index is 0.280. The quantitative estimate of drug-likeness (QED) is 0.309. The molecule has 116 valence electrons. The second kappa shape index (κ2) is 8.76. The van der Waals surface area contributed by atoms with E-state index in [0.717, 1.165) is 0 Å². The van der Waals surface area contributed by atoms with Crippen molar-refractivity contribution >= 4 is 91.0 Å². The van der Waals surface area contributed by atoms with E-state index in [4.69, 9.17) is 10.2 Å². The molecule has 0 aliphatic carbocycles. The van der Waals surface area contributed by atoms with Crippen molar-refractivity contribution in [3.8, 4) is 0 Å². The van der Waals surface area contributed by atoms with Gasteiger partial charge in [0, 0.05) is 12.7 Å². The smallest absolute Gasteiger partial charge is 0.250 e. The number of benzene rings is 1. The lowest BCUT2D eigenvalue weighted by Gasteiger charge is -2.19. The SMILES string of the molecule is O=C(CO)Nc1c(I)c(CO)c(I)c(NC(=O)CO)c1I. The fraction of sp³-hybridized carbons (Fsp3) is 0.273. The number of hydrogen-bond acceptors (Lipinski definition) is 5. The molecule has 0 radical (unpaired) electrons. The second-order valence-electron chi connectivity index (χ2n) is 3.74. The molecular formula is C11H11I3N2O5. The number of hydrogen-bond donors (Lipinski definition) is 5. The number of anilines is 2. The third kappa shape index (κ3) is 4.60. The summed E-state index contributed by atoms with van der Waals surface area (Å²) < 4.78 is 1.78. The molecular weight excluding hydrogens is 621 g/mol. The molecule has 0 aromatic heterocycles. The maximum Gasteiger partial charge on any atom is 0.250 e. The monoisotopic (exact) mass is 632 g/mol. The number of aliphatic hydroxyl groups excluding tert-OH is 3. The maximum atomic E-state index is 11.4. The number of amides is 2. The van der Waals surface area contributed by atoms with Crippen molar-refractivity contribution < 1.29 is 24.9 Å². The van der Waals surface area contributed by atoms with Gasteiger partial charge in [0.25, 0.3) is 0 Å². The Morgan fingerprint density at radius 1 is 0.810 bits per heavy atom. The summed E-state index contributed by atoms with van der Waals surface area (Å²) in [6.45, 7) is -1.63. The number of carbonyl (C=O) groups excluding carboxylic acids is 2. The lowest BCUT2D eigenvalue weighted by Crippen LogP contribution is -2.21. The highest BCUT2D eigenvalue weighted by atomic mass is 127. The number of halogens is 3. The van der Waals surface area contributed by atoms with Crippen LogP contribution in [0.2, 0.25) is 0 Å². The van der Waals surface area contributed by atoms with Crippen LogP contribution in [-0.4, -0.2) is 40.3 Å². The summed E-state index contributed by atoms with van der Waals surface area (Å²) in [5, 5.41) is 32.2. The highest BCUT2D eigenvalue weighted by Crippen LogP contribution is 2.38. The van der Waals surface area contributed by atoms with Crippen LogP contribution in [0.25, 0.3) is 0 Å². The first-order chi connectivity index (χ1) is 9.87. The van der Waals surface area contributed by atoms with Gasteiger partial charge in [-0.3, -0.25) is 9.59 Å². The Labute approximate surface area is 161 Å². The first-order valence-electron chi connectivity index (χ1n) is 5.48. The number of carbonyl (C=O) groups is 2. The Bertz CT molecular complexity index is 534. The van der Waals surface area contributed by atoms with Crippen molar-refractivity contribution in [1.29, 1.82) is 0 Å². The van der Waals surface area contributed by atoms with Crippen molar-refractivity contribution in [2.45, 2.75) is 6.61 Å². The molecule has 0 aliphatic rings. The van der Waals surface area contributed by atoms with Crippen LogP contribution in [0, 0.1) is 10.7 Å². The minimum atomic E-state index is -0.676. The zero-order valence-corrected chi connectivity index (χ0v) is 16.9. The maximum absolute atomic E-state index is 11.4. The highest BCUT2D eigenvalue weighted by molar-refractivity contribution is 14.1. The van der Waals surface area contributed by atoms with E-state index in [0.29, 0.717) is 27.6 Å². The fourth-order valence-corrected chi connectivity index (χ4v) is 5.48. The summed E-state index contributed by atoms with van der Waals surface area (Å²) in [4.78, 5) is 22.8. The van der Waals surface area contributed by atoms with Gasteiger partial charge in [-0.1, -0.05) is 0 Å². The number of aliphatic hydroxyl groups is 3. The van der Waals surface area contributed by atoms with Crippen LogP contribution < -0.4 is 10.6 Å². The molecule has 0 atom stereocenters. The summed E-state index contributed by atoms with van der Waals surface area (Å²) in [6, 6.07) is 0. The summed E-state index contributed by atoms with van der Waals surface area (Å²) in [6.07, 6.45) is 0. The number of nitrogens with one attached hydrogen (secondary N) is 2. The lowest BCUT2D eigenvalue weighted by molar-refractivity contribution is -0.119. The standard InChI is InChI=1S/C11H11I3N2O5/c12-7-4(1-17)8(13)11(16-6(21)3-19)9(14)10(7)15-5(20)2-18/h17-19H,1-3H2,(H,15,20)(H,16,21). The van der Waals surface area contributed by atoms with E-state index in [1.54, 1.807) is 0 Å². The van der Waals surface area contributed by atoms with Crippen molar-refractivity contribution in [1.82, 2.24) is 0 Å². The van der Waals surface area contributed by atoms with Crippen molar-refractivity contribution in [3.05, 3.63) is 16.3 Å². The Morgan fingerprint density at radius 3 is 1.48 bits per heavy atom. The van der Waals surface area contributed by atoms with E-state index < -0.39 is 25.0 Å². The van der Waals surface area contributed by atoms with Gasteiger partial charge in [-0.25, -0.2) is 0 Å². The first kappa shape index (κ1) is 19.3. The molecule has 7 nitrogen and oxygen atoms in total. The predicted octanol–water partition coefficient (Wildman–Crippen LogP) is 0.854. The van der Waals surface area contributed by atoms with Gasteiger partial charge >= 0.3 is 0 Å². The Hall–Kier alpha value is 0.230. The average molecular weight is 632 g/mol. The van der Waals surface area contributed by atoms with E-state index >= 15 is 0 Å². The van der Waals surface area contributed by atoms with Crippen LogP contribution in [0.1, 0.15) is 5.56 Å². The molecule has 0 fully saturated rings. The summed E-state index contributed by atoms with van der Waals surface area (Å²) in [5.41, 5.74) is 1.33. The molecule has 0 aliphatic heterocycles. The normalized spacial score (nSPS) is 10.4. The average Bonchev–Trinajstić information content (AvgIpc) is 2.47. The van der Waals surface area contributed by atoms with E-state index in [1.807, 2.05) is 67.8 Å². The summed E-state index contributed by atoms with van der Waals surface area (Å²) in [7, 11) is 0. The van der Waals surface area contributed by atoms with Gasteiger partial charge in [0.05, 0.1) is 21.6 Å². The van der Waals surface area contributed by atoms with Crippen LogP contribution in [-0.2, 0) is 16.2 Å². The van der Waals surface area contributed by atoms with Gasteiger partial charge in [0.2, 0.25) is 11.8 Å². The van der Waals surface area contributed by atoms with Crippen LogP contribution in [0.3, 0.4) is 0 Å². The number of rotatable bonds is 5. The summed E-state index contributed by atoms with van der Waals surface area (Å²) >= 11 is 5.89.